The number of nitrogens with two attached hydrogens (primary N) is 1. The number of hydrogen-bond acceptors (Lipinski definition) is 4. The van der Waals surface area contributed by atoms with Gasteiger partial charge in [-0.15, -0.1) is 0 Å². The number of ether oxygens (including phenoxy) is 2. The Morgan fingerprint density at radius 1 is 1.06 bits per heavy atom. The van der Waals surface area contributed by atoms with Gasteiger partial charge in [0.05, 0.1) is 14.2 Å². The minimum absolute atomic E-state index is 0.00480. The topological polar surface area (TPSA) is 90.7 Å². The first kappa shape index (κ1) is 26.2. The number of hydrogen-bond donors (Lipinski definition) is 2. The highest BCUT2D eigenvalue weighted by atomic mass is 16.5. The van der Waals surface area contributed by atoms with Crippen molar-refractivity contribution in [2.75, 3.05) is 19.5 Å². The number of unbranched alkanes of at least 4 members (excludes halogenated alkanes) is 2. The highest BCUT2D eigenvalue weighted by molar-refractivity contribution is 5.99. The Morgan fingerprint density at radius 2 is 1.79 bits per heavy atom. The lowest BCUT2D eigenvalue weighted by Crippen LogP contribution is -2.25. The van der Waals surface area contributed by atoms with E-state index in [-0.39, 0.29) is 17.2 Å². The summed E-state index contributed by atoms with van der Waals surface area (Å²) in [6, 6.07) is 11.0. The molecule has 0 fully saturated rings. The molecule has 180 valence electrons. The van der Waals surface area contributed by atoms with Crippen LogP contribution in [0.4, 0.5) is 5.69 Å². The zero-order chi connectivity index (χ0) is 24.6. The molecule has 6 heteroatoms. The Labute approximate surface area is 197 Å². The minimum Gasteiger partial charge on any atom is -0.497 e. The fourth-order valence-electron chi connectivity index (χ4n) is 4.26. The van der Waals surface area contributed by atoms with Crippen LogP contribution in [0.5, 0.6) is 11.5 Å². The molecule has 0 aliphatic heterocycles. The fourth-order valence-corrected chi connectivity index (χ4v) is 4.26. The van der Waals surface area contributed by atoms with E-state index in [1.54, 1.807) is 26.4 Å². The number of primary amides is 1. The van der Waals surface area contributed by atoms with Crippen molar-refractivity contribution >= 4 is 17.5 Å². The van der Waals surface area contributed by atoms with Gasteiger partial charge in [0, 0.05) is 23.7 Å². The Morgan fingerprint density at radius 3 is 2.36 bits per heavy atom. The Kier molecular flexibility index (Phi) is 9.32. The van der Waals surface area contributed by atoms with Gasteiger partial charge >= 0.3 is 0 Å². The smallest absolute Gasteiger partial charge is 0.249 e. The van der Waals surface area contributed by atoms with Gasteiger partial charge in [-0.1, -0.05) is 59.1 Å². The number of nitrogens with one attached hydrogen (secondary N) is 1. The lowest BCUT2D eigenvalue weighted by Gasteiger charge is -2.26. The molecule has 0 bridgehead atoms. The number of anilines is 1. The van der Waals surface area contributed by atoms with Crippen LogP contribution in [0.25, 0.3) is 0 Å². The Balaban J connectivity index is 2.35. The summed E-state index contributed by atoms with van der Waals surface area (Å²) in [6.45, 7) is 8.16. The lowest BCUT2D eigenvalue weighted by molar-refractivity contribution is -0.116. The fraction of sp³-hybridized carbons (Fsp3) is 0.481. The lowest BCUT2D eigenvalue weighted by atomic mass is 9.82. The molecule has 3 N–H and O–H groups in total. The van der Waals surface area contributed by atoms with Crippen LogP contribution in [0.15, 0.2) is 36.4 Å². The predicted octanol–water partition coefficient (Wildman–Crippen LogP) is 5.79. The molecule has 2 amide bonds. The summed E-state index contributed by atoms with van der Waals surface area (Å²) in [4.78, 5) is 25.2. The molecule has 0 aliphatic carbocycles. The zero-order valence-corrected chi connectivity index (χ0v) is 20.8. The van der Waals surface area contributed by atoms with Gasteiger partial charge < -0.3 is 20.5 Å². The van der Waals surface area contributed by atoms with Crippen LogP contribution >= 0.6 is 0 Å². The van der Waals surface area contributed by atoms with E-state index in [0.29, 0.717) is 23.4 Å². The van der Waals surface area contributed by atoms with E-state index in [2.05, 4.69) is 12.2 Å². The molecule has 0 unspecified atom stereocenters. The van der Waals surface area contributed by atoms with Crippen molar-refractivity contribution in [1.82, 2.24) is 0 Å². The first-order valence-electron chi connectivity index (χ1n) is 11.6. The average Bonchev–Trinajstić information content (AvgIpc) is 2.77. The van der Waals surface area contributed by atoms with E-state index in [9.17, 15) is 9.59 Å². The molecule has 6 nitrogen and oxygen atoms in total. The summed E-state index contributed by atoms with van der Waals surface area (Å²) in [5, 5.41) is 3.05. The van der Waals surface area contributed by atoms with Crippen LogP contribution in [0.2, 0.25) is 0 Å². The molecule has 33 heavy (non-hydrogen) atoms. The maximum Gasteiger partial charge on any atom is 0.249 e. The molecular formula is C27H38N2O4. The maximum absolute atomic E-state index is 13.2. The third kappa shape index (κ3) is 6.98. The third-order valence-electron chi connectivity index (χ3n) is 5.82. The third-order valence-corrected chi connectivity index (χ3v) is 5.82. The Hall–Kier alpha value is -3.02. The molecule has 1 atom stereocenters. The average molecular weight is 455 g/mol. The Bertz CT molecular complexity index is 963. The SMILES string of the molecule is CCCCC[C@@H](CC(=O)Nc1cccc(C(N)=O)c1C(C)(C)C)c1ccc(OC)cc1OC. The van der Waals surface area contributed by atoms with Crippen molar-refractivity contribution in [1.29, 1.82) is 0 Å². The van der Waals surface area contributed by atoms with Crippen molar-refractivity contribution < 1.29 is 19.1 Å². The second-order valence-corrected chi connectivity index (χ2v) is 9.40. The number of carbonyl (C=O) groups excluding carboxylic acids is 2. The van der Waals surface area contributed by atoms with Crippen molar-refractivity contribution in [3.63, 3.8) is 0 Å². The summed E-state index contributed by atoms with van der Waals surface area (Å²) < 4.78 is 10.9. The monoisotopic (exact) mass is 454 g/mol. The van der Waals surface area contributed by atoms with Gasteiger partial charge in [-0.05, 0) is 47.1 Å². The number of amides is 2. The van der Waals surface area contributed by atoms with Crippen molar-refractivity contribution in [3.8, 4) is 11.5 Å². The van der Waals surface area contributed by atoms with Crippen LogP contribution in [0.1, 0.15) is 87.2 Å². The van der Waals surface area contributed by atoms with E-state index in [4.69, 9.17) is 15.2 Å². The summed E-state index contributed by atoms with van der Waals surface area (Å²) in [6.07, 6.45) is 4.40. The van der Waals surface area contributed by atoms with Gasteiger partial charge in [-0.2, -0.15) is 0 Å². The summed E-state index contributed by atoms with van der Waals surface area (Å²) in [5.74, 6) is 0.813. The quantitative estimate of drug-likeness (QED) is 0.420. The van der Waals surface area contributed by atoms with E-state index in [1.807, 2.05) is 45.0 Å². The van der Waals surface area contributed by atoms with Crippen LogP contribution < -0.4 is 20.5 Å². The van der Waals surface area contributed by atoms with Crippen molar-refractivity contribution in [3.05, 3.63) is 53.1 Å². The molecule has 0 aliphatic rings. The maximum atomic E-state index is 13.2. The van der Waals surface area contributed by atoms with Crippen LogP contribution in [-0.2, 0) is 10.2 Å². The molecule has 0 spiro atoms. The van der Waals surface area contributed by atoms with E-state index < -0.39 is 5.91 Å². The first-order chi connectivity index (χ1) is 15.6. The second kappa shape index (κ2) is 11.7. The minimum atomic E-state index is -0.503. The molecule has 0 saturated heterocycles. The van der Waals surface area contributed by atoms with E-state index in [1.165, 1.54) is 0 Å². The van der Waals surface area contributed by atoms with Gasteiger partial charge in [-0.25, -0.2) is 0 Å². The second-order valence-electron chi connectivity index (χ2n) is 9.40. The van der Waals surface area contributed by atoms with Gasteiger partial charge in [-0.3, -0.25) is 9.59 Å². The van der Waals surface area contributed by atoms with Crippen LogP contribution in [0, 0.1) is 0 Å². The van der Waals surface area contributed by atoms with Crippen molar-refractivity contribution in [2.24, 2.45) is 5.73 Å². The van der Waals surface area contributed by atoms with Crippen LogP contribution in [0.3, 0.4) is 0 Å². The molecule has 2 aromatic rings. The molecule has 0 saturated carbocycles. The summed E-state index contributed by atoms with van der Waals surface area (Å²) in [7, 11) is 3.25. The molecule has 0 heterocycles. The highest BCUT2D eigenvalue weighted by Crippen LogP contribution is 2.37. The zero-order valence-electron chi connectivity index (χ0n) is 20.8. The molecule has 0 aromatic heterocycles. The molecule has 0 radical (unpaired) electrons. The standard InChI is InChI=1S/C27H38N2O4/c1-7-8-9-11-18(20-15-14-19(32-5)17-23(20)33-6)16-24(30)29-22-13-10-12-21(26(28)31)25(22)27(2,3)4/h10,12-15,17-18H,7-9,11,16H2,1-6H3,(H2,28,31)(H,29,30)/t18-/m0/s1. The summed E-state index contributed by atoms with van der Waals surface area (Å²) >= 11 is 0. The highest BCUT2D eigenvalue weighted by Gasteiger charge is 2.26. The first-order valence-corrected chi connectivity index (χ1v) is 11.6. The van der Waals surface area contributed by atoms with Gasteiger partial charge in [0.1, 0.15) is 11.5 Å². The van der Waals surface area contributed by atoms with Crippen LogP contribution in [-0.4, -0.2) is 26.0 Å². The molecule has 2 aromatic carbocycles. The number of rotatable bonds is 11. The van der Waals surface area contributed by atoms with Crippen molar-refractivity contribution in [2.45, 2.75) is 71.1 Å². The largest absolute Gasteiger partial charge is 0.497 e. The number of benzene rings is 2. The van der Waals surface area contributed by atoms with Gasteiger partial charge in [0.25, 0.3) is 0 Å². The summed E-state index contributed by atoms with van der Waals surface area (Å²) in [5.41, 5.74) is 8.04. The number of carbonyl (C=O) groups is 2. The molecule has 2 rings (SSSR count). The van der Waals surface area contributed by atoms with Gasteiger partial charge in [0.15, 0.2) is 0 Å². The van der Waals surface area contributed by atoms with E-state index in [0.717, 1.165) is 42.6 Å². The molecular weight excluding hydrogens is 416 g/mol. The van der Waals surface area contributed by atoms with Gasteiger partial charge in [0.2, 0.25) is 11.8 Å². The predicted molar refractivity (Wildman–Crippen MR) is 133 cm³/mol. The normalized spacial score (nSPS) is 12.2. The van der Waals surface area contributed by atoms with E-state index >= 15 is 0 Å². The number of methoxy groups -OCH3 is 2.